The van der Waals surface area contributed by atoms with Crippen molar-refractivity contribution in [3.05, 3.63) is 23.5 Å². The average molecular weight is 212 g/mol. The summed E-state index contributed by atoms with van der Waals surface area (Å²) in [5.74, 6) is -0.378. The molecule has 0 spiro atoms. The molecule has 0 aliphatic carbocycles. The number of nitrogens with one attached hydrogen (secondary N) is 2. The Morgan fingerprint density at radius 3 is 3.00 bits per heavy atom. The summed E-state index contributed by atoms with van der Waals surface area (Å²) in [6, 6.07) is 3.48. The van der Waals surface area contributed by atoms with Crippen molar-refractivity contribution in [2.45, 2.75) is 19.6 Å². The van der Waals surface area contributed by atoms with E-state index < -0.39 is 0 Å². The van der Waals surface area contributed by atoms with Crippen LogP contribution in [-0.4, -0.2) is 35.8 Å². The molecule has 0 saturated heterocycles. The van der Waals surface area contributed by atoms with Gasteiger partial charge in [-0.2, -0.15) is 0 Å². The minimum Gasteiger partial charge on any atom is -0.464 e. The molecule has 0 aliphatic rings. The second-order valence-corrected chi connectivity index (χ2v) is 3.37. The Bertz CT molecular complexity index is 320. The monoisotopic (exact) mass is 212 g/mol. The Morgan fingerprint density at radius 1 is 1.67 bits per heavy atom. The van der Waals surface area contributed by atoms with E-state index in [0.29, 0.717) is 18.8 Å². The van der Waals surface area contributed by atoms with Gasteiger partial charge in [0.15, 0.2) is 0 Å². The number of carbonyl (C=O) groups excluding carboxylic acids is 1. The summed E-state index contributed by atoms with van der Waals surface area (Å²) in [6.45, 7) is 2.82. The SMILES string of the molecule is COC(=O)c1ccc(CNC[C@H](C)O)[nH]1. The predicted molar refractivity (Wildman–Crippen MR) is 55.5 cm³/mol. The Morgan fingerprint density at radius 2 is 2.40 bits per heavy atom. The van der Waals surface area contributed by atoms with Crippen molar-refractivity contribution in [1.82, 2.24) is 10.3 Å². The van der Waals surface area contributed by atoms with Crippen molar-refractivity contribution >= 4 is 5.97 Å². The smallest absolute Gasteiger partial charge is 0.354 e. The summed E-state index contributed by atoms with van der Waals surface area (Å²) >= 11 is 0. The van der Waals surface area contributed by atoms with Gasteiger partial charge in [0.05, 0.1) is 13.2 Å². The molecule has 0 aliphatic heterocycles. The van der Waals surface area contributed by atoms with Gasteiger partial charge in [0.1, 0.15) is 5.69 Å². The number of hydrogen-bond acceptors (Lipinski definition) is 4. The van der Waals surface area contributed by atoms with Crippen LogP contribution in [0.4, 0.5) is 0 Å². The van der Waals surface area contributed by atoms with Gasteiger partial charge in [0.25, 0.3) is 0 Å². The quantitative estimate of drug-likeness (QED) is 0.612. The van der Waals surface area contributed by atoms with Gasteiger partial charge < -0.3 is 20.1 Å². The number of esters is 1. The molecule has 1 heterocycles. The fourth-order valence-electron chi connectivity index (χ4n) is 1.19. The molecule has 15 heavy (non-hydrogen) atoms. The molecule has 5 nitrogen and oxygen atoms in total. The number of H-pyrrole nitrogens is 1. The van der Waals surface area contributed by atoms with Gasteiger partial charge in [0.2, 0.25) is 0 Å². The first-order valence-electron chi connectivity index (χ1n) is 4.78. The third-order valence-corrected chi connectivity index (χ3v) is 1.91. The first kappa shape index (κ1) is 11.7. The normalized spacial score (nSPS) is 12.5. The van der Waals surface area contributed by atoms with Gasteiger partial charge in [-0.1, -0.05) is 0 Å². The van der Waals surface area contributed by atoms with Crippen molar-refractivity contribution in [2.24, 2.45) is 0 Å². The Hall–Kier alpha value is -1.33. The molecule has 0 aromatic carbocycles. The second kappa shape index (κ2) is 5.53. The van der Waals surface area contributed by atoms with Crippen molar-refractivity contribution < 1.29 is 14.6 Å². The Kier molecular flexibility index (Phi) is 4.33. The van der Waals surface area contributed by atoms with E-state index in [1.807, 2.05) is 0 Å². The van der Waals surface area contributed by atoms with Crippen LogP contribution in [0.5, 0.6) is 0 Å². The first-order chi connectivity index (χ1) is 7.13. The van der Waals surface area contributed by atoms with E-state index in [4.69, 9.17) is 5.11 Å². The van der Waals surface area contributed by atoms with E-state index in [-0.39, 0.29) is 12.1 Å². The Balaban J connectivity index is 2.43. The van der Waals surface area contributed by atoms with Crippen molar-refractivity contribution in [1.29, 1.82) is 0 Å². The number of hydrogen-bond donors (Lipinski definition) is 3. The molecule has 3 N–H and O–H groups in total. The van der Waals surface area contributed by atoms with Crippen LogP contribution in [0.1, 0.15) is 23.1 Å². The third-order valence-electron chi connectivity index (χ3n) is 1.91. The molecule has 0 unspecified atom stereocenters. The van der Waals surface area contributed by atoms with Gasteiger partial charge in [-0.05, 0) is 19.1 Å². The van der Waals surface area contributed by atoms with E-state index in [1.54, 1.807) is 19.1 Å². The van der Waals surface area contributed by atoms with E-state index >= 15 is 0 Å². The van der Waals surface area contributed by atoms with E-state index in [9.17, 15) is 4.79 Å². The topological polar surface area (TPSA) is 74.3 Å². The number of aromatic nitrogens is 1. The van der Waals surface area contributed by atoms with Crippen molar-refractivity contribution in [3.8, 4) is 0 Å². The van der Waals surface area contributed by atoms with Gasteiger partial charge in [-0.3, -0.25) is 0 Å². The molecule has 0 saturated carbocycles. The standard InChI is InChI=1S/C10H16N2O3/c1-7(13)5-11-6-8-3-4-9(12-8)10(14)15-2/h3-4,7,11-13H,5-6H2,1-2H3/t7-/m0/s1. The number of aromatic amines is 1. The first-order valence-corrected chi connectivity index (χ1v) is 4.78. The summed E-state index contributed by atoms with van der Waals surface area (Å²) in [7, 11) is 1.34. The highest BCUT2D eigenvalue weighted by Gasteiger charge is 2.07. The average Bonchev–Trinajstić information content (AvgIpc) is 2.65. The second-order valence-electron chi connectivity index (χ2n) is 3.37. The molecule has 84 valence electrons. The molecule has 1 aromatic rings. The molecular weight excluding hydrogens is 196 g/mol. The number of carbonyl (C=O) groups is 1. The fraction of sp³-hybridized carbons (Fsp3) is 0.500. The molecule has 0 bridgehead atoms. The van der Waals surface area contributed by atoms with Crippen LogP contribution in [0.3, 0.4) is 0 Å². The number of aliphatic hydroxyl groups is 1. The lowest BCUT2D eigenvalue weighted by Gasteiger charge is -2.04. The number of methoxy groups -OCH3 is 1. The zero-order valence-electron chi connectivity index (χ0n) is 8.91. The molecule has 0 fully saturated rings. The van der Waals surface area contributed by atoms with Crippen LogP contribution in [0.15, 0.2) is 12.1 Å². The van der Waals surface area contributed by atoms with Crippen LogP contribution in [0.25, 0.3) is 0 Å². The minimum absolute atomic E-state index is 0.375. The lowest BCUT2D eigenvalue weighted by Crippen LogP contribution is -2.24. The third kappa shape index (κ3) is 3.73. The number of rotatable bonds is 5. The van der Waals surface area contributed by atoms with Gasteiger partial charge in [-0.15, -0.1) is 0 Å². The molecule has 1 atom stereocenters. The van der Waals surface area contributed by atoms with E-state index in [2.05, 4.69) is 15.0 Å². The maximum atomic E-state index is 11.1. The summed E-state index contributed by atoms with van der Waals surface area (Å²) < 4.78 is 4.56. The molecule has 1 rings (SSSR count). The molecule has 5 heteroatoms. The van der Waals surface area contributed by atoms with Crippen molar-refractivity contribution in [3.63, 3.8) is 0 Å². The molecule has 0 amide bonds. The highest BCUT2D eigenvalue weighted by Crippen LogP contribution is 2.02. The maximum absolute atomic E-state index is 11.1. The minimum atomic E-state index is -0.378. The van der Waals surface area contributed by atoms with Crippen molar-refractivity contribution in [2.75, 3.05) is 13.7 Å². The summed E-state index contributed by atoms with van der Waals surface area (Å²) in [4.78, 5) is 14.0. The molecule has 0 radical (unpaired) electrons. The van der Waals surface area contributed by atoms with Crippen LogP contribution in [-0.2, 0) is 11.3 Å². The largest absolute Gasteiger partial charge is 0.464 e. The lowest BCUT2D eigenvalue weighted by molar-refractivity contribution is 0.0594. The summed E-state index contributed by atoms with van der Waals surface area (Å²) in [6.07, 6.45) is -0.375. The van der Waals surface area contributed by atoms with Crippen LogP contribution < -0.4 is 5.32 Å². The van der Waals surface area contributed by atoms with Crippen LogP contribution >= 0.6 is 0 Å². The van der Waals surface area contributed by atoms with E-state index in [1.165, 1.54) is 7.11 Å². The maximum Gasteiger partial charge on any atom is 0.354 e. The lowest BCUT2D eigenvalue weighted by atomic mass is 10.4. The molecular formula is C10H16N2O3. The van der Waals surface area contributed by atoms with Gasteiger partial charge >= 0.3 is 5.97 Å². The summed E-state index contributed by atoms with van der Waals surface area (Å²) in [5.41, 5.74) is 1.32. The van der Waals surface area contributed by atoms with E-state index in [0.717, 1.165) is 5.69 Å². The predicted octanol–water partition coefficient (Wildman–Crippen LogP) is 0.272. The number of ether oxygens (including phenoxy) is 1. The highest BCUT2D eigenvalue weighted by molar-refractivity contribution is 5.87. The number of aliphatic hydroxyl groups excluding tert-OH is 1. The van der Waals surface area contributed by atoms with Gasteiger partial charge in [0, 0.05) is 18.8 Å². The van der Waals surface area contributed by atoms with Crippen LogP contribution in [0.2, 0.25) is 0 Å². The molecule has 1 aromatic heterocycles. The zero-order chi connectivity index (χ0) is 11.3. The Labute approximate surface area is 88.4 Å². The summed E-state index contributed by atoms with van der Waals surface area (Å²) in [5, 5.41) is 12.1. The van der Waals surface area contributed by atoms with Crippen LogP contribution in [0, 0.1) is 0 Å². The zero-order valence-corrected chi connectivity index (χ0v) is 8.91. The van der Waals surface area contributed by atoms with Gasteiger partial charge in [-0.25, -0.2) is 4.79 Å². The fourth-order valence-corrected chi connectivity index (χ4v) is 1.19. The highest BCUT2D eigenvalue weighted by atomic mass is 16.5.